The second kappa shape index (κ2) is 5.51. The molecule has 0 aliphatic heterocycles. The maximum absolute atomic E-state index is 12.8. The third kappa shape index (κ3) is 3.01. The van der Waals surface area contributed by atoms with Crippen molar-refractivity contribution >= 4 is 11.9 Å². The van der Waals surface area contributed by atoms with Gasteiger partial charge in [-0.1, -0.05) is 6.07 Å². The summed E-state index contributed by atoms with van der Waals surface area (Å²) in [7, 11) is 1.19. The van der Waals surface area contributed by atoms with Crippen LogP contribution in [0.4, 0.5) is 13.2 Å². The number of ether oxygens (including phenoxy) is 1. The van der Waals surface area contributed by atoms with Crippen molar-refractivity contribution in [2.24, 2.45) is 0 Å². The summed E-state index contributed by atoms with van der Waals surface area (Å²) in [5.74, 6) is -4.49. The van der Waals surface area contributed by atoms with Crippen LogP contribution in [0, 0.1) is 0 Å². The van der Waals surface area contributed by atoms with Crippen molar-refractivity contribution in [1.29, 1.82) is 0 Å². The van der Waals surface area contributed by atoms with Gasteiger partial charge in [-0.2, -0.15) is 13.2 Å². The minimum atomic E-state index is -5.22. The van der Waals surface area contributed by atoms with E-state index in [0.29, 0.717) is 6.92 Å². The summed E-state index contributed by atoms with van der Waals surface area (Å²) in [5.41, 5.74) is -4.02. The number of phenolic OH excluding ortho intramolecular Hbond substituents is 1. The lowest BCUT2D eigenvalue weighted by Gasteiger charge is -2.28. The molecule has 0 heterocycles. The Kier molecular flexibility index (Phi) is 4.35. The second-order valence-corrected chi connectivity index (χ2v) is 4.24. The van der Waals surface area contributed by atoms with Crippen LogP contribution in [0.25, 0.3) is 0 Å². The predicted octanol–water partition coefficient (Wildman–Crippen LogP) is 1.54. The van der Waals surface area contributed by atoms with E-state index in [1.54, 1.807) is 0 Å². The van der Waals surface area contributed by atoms with Gasteiger partial charge < -0.3 is 20.3 Å². The van der Waals surface area contributed by atoms with Crippen LogP contribution in [0.15, 0.2) is 18.2 Å². The molecular weight excluding hydrogens is 295 g/mol. The molecule has 0 aromatic heterocycles. The van der Waals surface area contributed by atoms with Crippen molar-refractivity contribution in [2.45, 2.75) is 18.6 Å². The highest BCUT2D eigenvalue weighted by Gasteiger charge is 2.58. The van der Waals surface area contributed by atoms with Gasteiger partial charge in [0.15, 0.2) is 11.5 Å². The number of nitrogens with one attached hydrogen (secondary N) is 1. The van der Waals surface area contributed by atoms with Crippen LogP contribution >= 0.6 is 0 Å². The first-order valence-corrected chi connectivity index (χ1v) is 5.53. The lowest BCUT2D eigenvalue weighted by molar-refractivity contribution is -0.203. The number of carbonyl (C=O) groups is 2. The Balaban J connectivity index is 3.19. The number of aliphatic carboxylic acids is 1. The molecule has 1 aromatic rings. The van der Waals surface area contributed by atoms with Gasteiger partial charge in [0, 0.05) is 0 Å². The van der Waals surface area contributed by atoms with E-state index in [4.69, 9.17) is 9.84 Å². The van der Waals surface area contributed by atoms with Gasteiger partial charge in [0.25, 0.3) is 5.91 Å². The van der Waals surface area contributed by atoms with Crippen molar-refractivity contribution in [1.82, 2.24) is 5.32 Å². The van der Waals surface area contributed by atoms with Crippen LogP contribution in [-0.2, 0) is 4.79 Å². The first kappa shape index (κ1) is 16.6. The zero-order valence-electron chi connectivity index (χ0n) is 11.0. The number of aromatic hydroxyl groups is 1. The van der Waals surface area contributed by atoms with Crippen molar-refractivity contribution in [3.8, 4) is 11.5 Å². The molecule has 9 heteroatoms. The maximum atomic E-state index is 12.8. The topological polar surface area (TPSA) is 95.9 Å². The Morgan fingerprint density at radius 1 is 1.29 bits per heavy atom. The normalized spacial score (nSPS) is 14.1. The molecule has 6 nitrogen and oxygen atoms in total. The van der Waals surface area contributed by atoms with E-state index in [2.05, 4.69) is 0 Å². The lowest BCUT2D eigenvalue weighted by atomic mass is 10.0. The molecule has 0 saturated heterocycles. The van der Waals surface area contributed by atoms with E-state index < -0.39 is 34.9 Å². The number of hydrogen-bond donors (Lipinski definition) is 3. The molecule has 116 valence electrons. The molecule has 0 spiro atoms. The number of halogens is 3. The molecule has 21 heavy (non-hydrogen) atoms. The maximum Gasteiger partial charge on any atom is 0.422 e. The number of benzene rings is 1. The van der Waals surface area contributed by atoms with Gasteiger partial charge in [-0.15, -0.1) is 0 Å². The molecule has 0 saturated carbocycles. The molecular formula is C12H12F3NO5. The molecule has 1 unspecified atom stereocenters. The van der Waals surface area contributed by atoms with Crippen LogP contribution in [0.3, 0.4) is 0 Å². The van der Waals surface area contributed by atoms with Gasteiger partial charge >= 0.3 is 12.1 Å². The van der Waals surface area contributed by atoms with Crippen LogP contribution in [0.5, 0.6) is 11.5 Å². The van der Waals surface area contributed by atoms with Gasteiger partial charge in [-0.05, 0) is 19.1 Å². The molecule has 0 aliphatic rings. The summed E-state index contributed by atoms with van der Waals surface area (Å²) in [6.07, 6.45) is -5.22. The molecule has 1 atom stereocenters. The first-order chi connectivity index (χ1) is 9.54. The van der Waals surface area contributed by atoms with E-state index in [9.17, 15) is 27.9 Å². The van der Waals surface area contributed by atoms with Crippen molar-refractivity contribution < 1.29 is 37.7 Å². The number of carboxylic acids is 1. The standard InChI is InChI=1S/C12H12F3NO5/c1-11(10(19)20,12(13,14)15)16-9(18)6-4-3-5-7(21-2)8(6)17/h3-5,17H,1-2H3,(H,16,18)(H,19,20). The van der Waals surface area contributed by atoms with Gasteiger partial charge in [0.2, 0.25) is 5.54 Å². The quantitative estimate of drug-likeness (QED) is 0.784. The third-order valence-corrected chi connectivity index (χ3v) is 2.82. The minimum absolute atomic E-state index is 0.133. The highest BCUT2D eigenvalue weighted by Crippen LogP contribution is 2.33. The molecule has 1 aromatic carbocycles. The fourth-order valence-electron chi connectivity index (χ4n) is 1.41. The molecule has 0 bridgehead atoms. The summed E-state index contributed by atoms with van der Waals surface area (Å²) in [6, 6.07) is 3.58. The molecule has 0 aliphatic carbocycles. The van der Waals surface area contributed by atoms with Gasteiger partial charge in [0.1, 0.15) is 0 Å². The number of para-hydroxylation sites is 1. The van der Waals surface area contributed by atoms with Crippen LogP contribution in [0.2, 0.25) is 0 Å². The Labute approximate surface area is 117 Å². The molecule has 0 fully saturated rings. The highest BCUT2D eigenvalue weighted by molar-refractivity contribution is 6.00. The summed E-state index contributed by atoms with van der Waals surface area (Å²) in [4.78, 5) is 22.6. The van der Waals surface area contributed by atoms with Gasteiger partial charge in [-0.3, -0.25) is 4.79 Å². The Hall–Kier alpha value is -2.45. The van der Waals surface area contributed by atoms with Crippen molar-refractivity contribution in [3.63, 3.8) is 0 Å². The first-order valence-electron chi connectivity index (χ1n) is 5.53. The summed E-state index contributed by atoms with van der Waals surface area (Å²) in [5, 5.41) is 19.8. The zero-order chi connectivity index (χ0) is 16.4. The number of carboxylic acid groups (broad SMARTS) is 1. The van der Waals surface area contributed by atoms with Crippen LogP contribution in [0.1, 0.15) is 17.3 Å². The van der Waals surface area contributed by atoms with Crippen molar-refractivity contribution in [3.05, 3.63) is 23.8 Å². The fraction of sp³-hybridized carbons (Fsp3) is 0.333. The van der Waals surface area contributed by atoms with E-state index in [-0.39, 0.29) is 5.75 Å². The van der Waals surface area contributed by atoms with Crippen molar-refractivity contribution in [2.75, 3.05) is 7.11 Å². The number of phenols is 1. The summed E-state index contributed by atoms with van der Waals surface area (Å²) < 4.78 is 43.1. The number of rotatable bonds is 4. The summed E-state index contributed by atoms with van der Waals surface area (Å²) in [6.45, 7) is 0.310. The van der Waals surface area contributed by atoms with E-state index in [1.807, 2.05) is 0 Å². The van der Waals surface area contributed by atoms with E-state index in [0.717, 1.165) is 6.07 Å². The molecule has 3 N–H and O–H groups in total. The second-order valence-electron chi connectivity index (χ2n) is 4.24. The largest absolute Gasteiger partial charge is 0.504 e. The molecule has 1 amide bonds. The smallest absolute Gasteiger partial charge is 0.422 e. The predicted molar refractivity (Wildman–Crippen MR) is 64.2 cm³/mol. The van der Waals surface area contributed by atoms with Crippen LogP contribution in [-0.4, -0.2) is 40.9 Å². The number of amides is 1. The SMILES string of the molecule is COc1cccc(C(=O)NC(C)(C(=O)O)C(F)(F)F)c1O. The lowest BCUT2D eigenvalue weighted by Crippen LogP contribution is -2.61. The number of hydrogen-bond acceptors (Lipinski definition) is 4. The Morgan fingerprint density at radius 2 is 1.86 bits per heavy atom. The van der Waals surface area contributed by atoms with E-state index in [1.165, 1.54) is 24.6 Å². The monoisotopic (exact) mass is 307 g/mol. The molecule has 1 rings (SSSR count). The van der Waals surface area contributed by atoms with Gasteiger partial charge in [0.05, 0.1) is 12.7 Å². The Bertz CT molecular complexity index is 573. The molecule has 0 radical (unpaired) electrons. The van der Waals surface area contributed by atoms with Gasteiger partial charge in [-0.25, -0.2) is 4.79 Å². The van der Waals surface area contributed by atoms with E-state index >= 15 is 0 Å². The third-order valence-electron chi connectivity index (χ3n) is 2.82. The average Bonchev–Trinajstić information content (AvgIpc) is 2.37. The number of carbonyl (C=O) groups excluding carboxylic acids is 1. The van der Waals surface area contributed by atoms with Crippen LogP contribution < -0.4 is 10.1 Å². The summed E-state index contributed by atoms with van der Waals surface area (Å²) >= 11 is 0. The highest BCUT2D eigenvalue weighted by atomic mass is 19.4. The Morgan fingerprint density at radius 3 is 2.29 bits per heavy atom. The fourth-order valence-corrected chi connectivity index (χ4v) is 1.41. The number of methoxy groups -OCH3 is 1. The minimum Gasteiger partial charge on any atom is -0.504 e. The number of alkyl halides is 3. The average molecular weight is 307 g/mol. The zero-order valence-corrected chi connectivity index (χ0v) is 11.0.